The first kappa shape index (κ1) is 17.6. The Hall–Kier alpha value is 0.639. The molecule has 0 nitrogen and oxygen atoms in total. The van der Waals surface area contributed by atoms with Crippen LogP contribution in [0.15, 0.2) is 68.1 Å². The van der Waals surface area contributed by atoms with Crippen LogP contribution in [-0.2, 0) is 50.5 Å². The molecule has 0 spiro atoms. The van der Waals surface area contributed by atoms with Crippen LogP contribution in [0.2, 0.25) is 0 Å². The van der Waals surface area contributed by atoms with Crippen LogP contribution in [0.3, 0.4) is 0 Å². The van der Waals surface area contributed by atoms with Crippen molar-refractivity contribution in [3.63, 3.8) is 0 Å². The fraction of sp³-hybridized carbons (Fsp3) is 0. The van der Waals surface area contributed by atoms with E-state index in [4.69, 9.17) is 0 Å². The predicted octanol–water partition coefficient (Wildman–Crippen LogP) is 0.474. The summed E-state index contributed by atoms with van der Waals surface area (Å²) in [5, 5.41) is 0. The van der Waals surface area contributed by atoms with Gasteiger partial charge in [0.1, 0.15) is 0 Å². The zero-order chi connectivity index (χ0) is 12.0. The second-order valence-electron chi connectivity index (χ2n) is 3.09. The zero-order valence-electron chi connectivity index (χ0n) is 9.12. The van der Waals surface area contributed by atoms with E-state index in [1.54, 1.807) is 0 Å². The second kappa shape index (κ2) is 9.55. The summed E-state index contributed by atoms with van der Waals surface area (Å²) in [6.45, 7) is 0. The van der Waals surface area contributed by atoms with Crippen molar-refractivity contribution in [3.8, 4) is 0 Å². The third kappa shape index (κ3) is 6.96. The van der Waals surface area contributed by atoms with Gasteiger partial charge in [-0.2, -0.15) is 0 Å². The van der Waals surface area contributed by atoms with E-state index in [9.17, 15) is 0 Å². The van der Waals surface area contributed by atoms with Crippen molar-refractivity contribution in [2.24, 2.45) is 0 Å². The van der Waals surface area contributed by atoms with Crippen LogP contribution < -0.4 is 0 Å². The van der Waals surface area contributed by atoms with E-state index in [0.29, 0.717) is 0 Å². The average molecular weight is 407 g/mol. The molecule has 2 aromatic carbocycles. The molecule has 0 aromatic heterocycles. The number of hydrogen-bond donors (Lipinski definition) is 0. The van der Waals surface area contributed by atoms with Gasteiger partial charge in [0, 0.05) is 0 Å². The molecule has 2 aromatic rings. The van der Waals surface area contributed by atoms with Crippen molar-refractivity contribution in [2.75, 3.05) is 0 Å². The topological polar surface area (TPSA) is 0 Å². The van der Waals surface area contributed by atoms with Gasteiger partial charge in [0.15, 0.2) is 0 Å². The van der Waals surface area contributed by atoms with Crippen molar-refractivity contribution in [3.05, 3.63) is 48.5 Å². The first-order valence-corrected chi connectivity index (χ1v) is 6.65. The average Bonchev–Trinajstić information content (AvgIpc) is 2.28. The maximum absolute atomic E-state index is 3.39. The minimum atomic E-state index is 0. The first-order chi connectivity index (χ1) is 7.61. The monoisotopic (exact) mass is 408 g/mol. The van der Waals surface area contributed by atoms with E-state index >= 15 is 0 Å². The molecule has 0 saturated carbocycles. The summed E-state index contributed by atoms with van der Waals surface area (Å²) in [6.07, 6.45) is 0. The van der Waals surface area contributed by atoms with Crippen LogP contribution in [0.1, 0.15) is 0 Å². The Kier molecular flexibility index (Phi) is 9.91. The van der Waals surface area contributed by atoms with Crippen molar-refractivity contribution in [2.45, 2.75) is 19.6 Å². The molecule has 2 rings (SSSR count). The maximum atomic E-state index is 3.39. The molecule has 0 aliphatic heterocycles. The van der Waals surface area contributed by atoms with Crippen molar-refractivity contribution >= 4 is 74.4 Å². The summed E-state index contributed by atoms with van der Waals surface area (Å²) in [6, 6.07) is 15.9. The van der Waals surface area contributed by atoms with Crippen LogP contribution in [0.25, 0.3) is 0 Å². The quantitative estimate of drug-likeness (QED) is 0.440. The molecule has 0 amide bonds. The van der Waals surface area contributed by atoms with Gasteiger partial charge in [0.2, 0.25) is 19.6 Å². The third-order valence-electron chi connectivity index (χ3n) is 1.85. The largest absolute Gasteiger partial charge is 2.00 e. The molecule has 2 radical (unpaired) electrons. The van der Waals surface area contributed by atoms with Gasteiger partial charge in [-0.1, -0.05) is 24.3 Å². The Morgan fingerprint density at radius 3 is 0.765 bits per heavy atom. The molecule has 0 bridgehead atoms. The zero-order valence-corrected chi connectivity index (χ0v) is 16.0. The van der Waals surface area contributed by atoms with Gasteiger partial charge >= 0.3 is 23.9 Å². The van der Waals surface area contributed by atoms with Gasteiger partial charge < -0.3 is 0 Å². The fourth-order valence-corrected chi connectivity index (χ4v) is 1.68. The number of hydrogen-bond acceptors (Lipinski definition) is 0. The van der Waals surface area contributed by atoms with Crippen LogP contribution in [0, 0.1) is 0 Å². The SMILES string of the molecule is [SH2+]c1ccccc1[SH2+].[SH2+]c1ccccc1[SH2+].[Sn+2]. The van der Waals surface area contributed by atoms with Crippen molar-refractivity contribution < 1.29 is 0 Å². The molecule has 0 atom stereocenters. The molecule has 0 heterocycles. The summed E-state index contributed by atoms with van der Waals surface area (Å²) in [5.74, 6) is 0. The molecular formula is C12H16S4Sn+6. The molecule has 0 fully saturated rings. The first-order valence-electron chi connectivity index (χ1n) is 4.65. The molecule has 17 heavy (non-hydrogen) atoms. The summed E-state index contributed by atoms with van der Waals surface area (Å²) < 4.78 is 0. The van der Waals surface area contributed by atoms with Crippen molar-refractivity contribution in [1.29, 1.82) is 0 Å². The van der Waals surface area contributed by atoms with E-state index in [2.05, 4.69) is 50.5 Å². The minimum absolute atomic E-state index is 0. The smallest absolute Gasteiger partial charge is 0.0569 e. The standard InChI is InChI=1S/2C6H6S2.Sn/c2*7-5-3-1-2-4-6(5)8;/h2*1-4,7-8H;/q;;+2/p+4. The Balaban J connectivity index is 0.000000284. The van der Waals surface area contributed by atoms with E-state index in [0.717, 1.165) is 19.6 Å². The summed E-state index contributed by atoms with van der Waals surface area (Å²) in [7, 11) is 0. The molecule has 0 aliphatic carbocycles. The number of benzene rings is 2. The fourth-order valence-electron chi connectivity index (χ4n) is 0.966. The summed E-state index contributed by atoms with van der Waals surface area (Å²) in [5.41, 5.74) is 0. The Labute approximate surface area is 141 Å². The number of rotatable bonds is 0. The Morgan fingerprint density at radius 1 is 0.471 bits per heavy atom. The predicted molar refractivity (Wildman–Crippen MR) is 92.3 cm³/mol. The Bertz CT molecular complexity index is 374. The van der Waals surface area contributed by atoms with Gasteiger partial charge in [-0.3, -0.25) is 0 Å². The van der Waals surface area contributed by atoms with E-state index in [1.165, 1.54) is 0 Å². The molecular weight excluding hydrogens is 391 g/mol. The minimum Gasteiger partial charge on any atom is -0.0569 e. The van der Waals surface area contributed by atoms with Crippen LogP contribution >= 0.6 is 0 Å². The van der Waals surface area contributed by atoms with Crippen LogP contribution in [0.5, 0.6) is 0 Å². The maximum Gasteiger partial charge on any atom is 2.00 e. The molecule has 0 saturated heterocycles. The second-order valence-corrected chi connectivity index (χ2v) is 5.25. The van der Waals surface area contributed by atoms with Gasteiger partial charge in [0.05, 0.1) is 0 Å². The van der Waals surface area contributed by atoms with Gasteiger partial charge in [-0.05, 0) is 74.8 Å². The van der Waals surface area contributed by atoms with Crippen LogP contribution in [0.4, 0.5) is 0 Å². The Morgan fingerprint density at radius 2 is 0.647 bits per heavy atom. The molecule has 5 heteroatoms. The summed E-state index contributed by atoms with van der Waals surface area (Å²) >= 11 is 13.6. The molecule has 0 N–H and O–H groups in total. The van der Waals surface area contributed by atoms with Crippen LogP contribution in [-0.4, -0.2) is 23.9 Å². The van der Waals surface area contributed by atoms with E-state index < -0.39 is 0 Å². The van der Waals surface area contributed by atoms with Gasteiger partial charge in [-0.25, -0.2) is 0 Å². The summed E-state index contributed by atoms with van der Waals surface area (Å²) in [4.78, 5) is 4.35. The van der Waals surface area contributed by atoms with E-state index in [-0.39, 0.29) is 23.9 Å². The van der Waals surface area contributed by atoms with E-state index in [1.807, 2.05) is 48.5 Å². The van der Waals surface area contributed by atoms with Gasteiger partial charge in [0.25, 0.3) is 0 Å². The molecule has 0 aliphatic rings. The molecule has 0 unspecified atom stereocenters. The molecule has 86 valence electrons. The van der Waals surface area contributed by atoms with Crippen molar-refractivity contribution in [1.82, 2.24) is 0 Å². The van der Waals surface area contributed by atoms with Gasteiger partial charge in [-0.15, -0.1) is 0 Å². The third-order valence-corrected chi connectivity index (χ3v) is 4.10. The normalized spacial score (nSPS) is 8.71.